The molecule has 0 aromatic carbocycles. The first kappa shape index (κ1) is 16.5. The molecule has 0 bridgehead atoms. The fourth-order valence-electron chi connectivity index (χ4n) is 2.38. The molecular weight excluding hydrogens is 208 g/mol. The topological polar surface area (TPSA) is 9.23 Å². The van der Waals surface area contributed by atoms with E-state index in [2.05, 4.69) is 33.6 Å². The minimum Gasteiger partial charge on any atom is -0.484 e. The monoisotopic (exact) mass is 239 g/mol. The second-order valence-corrected chi connectivity index (χ2v) is 5.09. The van der Waals surface area contributed by atoms with Gasteiger partial charge in [-0.1, -0.05) is 53.0 Å². The Labute approximate surface area is 109 Å². The van der Waals surface area contributed by atoms with Gasteiger partial charge < -0.3 is 4.74 Å². The smallest absolute Gasteiger partial charge is 0.154 e. The lowest BCUT2D eigenvalue weighted by Gasteiger charge is -2.33. The van der Waals surface area contributed by atoms with Gasteiger partial charge in [0.15, 0.2) is 6.26 Å². The van der Waals surface area contributed by atoms with Crippen molar-refractivity contribution in [2.45, 2.75) is 90.6 Å². The quantitative estimate of drug-likeness (QED) is 0.316. The van der Waals surface area contributed by atoms with Crippen molar-refractivity contribution >= 4 is 0 Å². The summed E-state index contributed by atoms with van der Waals surface area (Å²) in [7, 11) is 0. The fourth-order valence-corrected chi connectivity index (χ4v) is 2.38. The molecule has 101 valence electrons. The van der Waals surface area contributed by atoms with Crippen LogP contribution in [-0.2, 0) is 4.74 Å². The van der Waals surface area contributed by atoms with E-state index in [1.165, 1.54) is 51.4 Å². The lowest BCUT2D eigenvalue weighted by molar-refractivity contribution is -0.0182. The summed E-state index contributed by atoms with van der Waals surface area (Å²) >= 11 is 0. The maximum absolute atomic E-state index is 5.82. The molecule has 17 heavy (non-hydrogen) atoms. The molecule has 0 heterocycles. The van der Waals surface area contributed by atoms with Gasteiger partial charge in [0.25, 0.3) is 0 Å². The Morgan fingerprint density at radius 2 is 1.29 bits per heavy atom. The van der Waals surface area contributed by atoms with E-state index in [9.17, 15) is 0 Å². The van der Waals surface area contributed by atoms with Crippen LogP contribution >= 0.6 is 0 Å². The highest BCUT2D eigenvalue weighted by Crippen LogP contribution is 2.31. The van der Waals surface area contributed by atoms with Crippen molar-refractivity contribution < 1.29 is 4.74 Å². The summed E-state index contributed by atoms with van der Waals surface area (Å²) in [5.74, 6) is 0. The van der Waals surface area contributed by atoms with Crippen molar-refractivity contribution in [2.24, 2.45) is 0 Å². The molecule has 0 rings (SSSR count). The summed E-state index contributed by atoms with van der Waals surface area (Å²) < 4.78 is 5.82. The van der Waals surface area contributed by atoms with Crippen molar-refractivity contribution in [3.05, 3.63) is 12.8 Å². The van der Waals surface area contributed by atoms with Crippen LogP contribution in [0.5, 0.6) is 0 Å². The third-order valence-corrected chi connectivity index (χ3v) is 3.50. The zero-order valence-electron chi connectivity index (χ0n) is 12.2. The lowest BCUT2D eigenvalue weighted by Crippen LogP contribution is -2.31. The van der Waals surface area contributed by atoms with Gasteiger partial charge in [-0.3, -0.25) is 0 Å². The van der Waals surface area contributed by atoms with Gasteiger partial charge in [0.1, 0.15) is 5.60 Å². The summed E-state index contributed by atoms with van der Waals surface area (Å²) in [6.07, 6.45) is 15.0. The molecule has 0 aliphatic heterocycles. The highest BCUT2D eigenvalue weighted by atomic mass is 16.5. The molecule has 0 saturated heterocycles. The predicted octanol–water partition coefficient (Wildman–Crippen LogP) is 5.65. The van der Waals surface area contributed by atoms with Crippen molar-refractivity contribution in [1.82, 2.24) is 0 Å². The highest BCUT2D eigenvalue weighted by Gasteiger charge is 2.29. The molecular formula is C16H31O. The third-order valence-electron chi connectivity index (χ3n) is 3.50. The Morgan fingerprint density at radius 1 is 0.824 bits per heavy atom. The van der Waals surface area contributed by atoms with Gasteiger partial charge in [-0.2, -0.15) is 0 Å². The van der Waals surface area contributed by atoms with Gasteiger partial charge >= 0.3 is 0 Å². The van der Waals surface area contributed by atoms with E-state index in [4.69, 9.17) is 4.74 Å². The van der Waals surface area contributed by atoms with Crippen LogP contribution in [0, 0.1) is 6.26 Å². The summed E-state index contributed by atoms with van der Waals surface area (Å²) in [6, 6.07) is 0. The second-order valence-electron chi connectivity index (χ2n) is 5.09. The average Bonchev–Trinajstić information content (AvgIpc) is 2.34. The minimum absolute atomic E-state index is 0.0307. The van der Waals surface area contributed by atoms with Crippen LogP contribution < -0.4 is 0 Å². The molecule has 0 aromatic heterocycles. The summed E-state index contributed by atoms with van der Waals surface area (Å²) in [5.41, 5.74) is 0.0307. The van der Waals surface area contributed by atoms with Crippen molar-refractivity contribution in [3.8, 4) is 0 Å². The molecule has 0 unspecified atom stereocenters. The largest absolute Gasteiger partial charge is 0.484 e. The van der Waals surface area contributed by atoms with Crippen LogP contribution in [0.1, 0.15) is 85.0 Å². The van der Waals surface area contributed by atoms with Crippen LogP contribution in [0.25, 0.3) is 0 Å². The van der Waals surface area contributed by atoms with Crippen LogP contribution in [0.15, 0.2) is 6.58 Å². The van der Waals surface area contributed by atoms with Crippen LogP contribution in [0.3, 0.4) is 0 Å². The highest BCUT2D eigenvalue weighted by molar-refractivity contribution is 4.81. The molecule has 0 aromatic rings. The minimum atomic E-state index is 0.0307. The first-order valence-corrected chi connectivity index (χ1v) is 7.44. The molecule has 0 N–H and O–H groups in total. The molecule has 0 atom stereocenters. The lowest BCUT2D eigenvalue weighted by atomic mass is 9.85. The molecule has 0 spiro atoms. The summed E-state index contributed by atoms with van der Waals surface area (Å²) in [4.78, 5) is 0. The first-order chi connectivity index (χ1) is 8.24. The number of ether oxygens (including phenoxy) is 1. The average molecular weight is 239 g/mol. The molecule has 0 saturated carbocycles. The van der Waals surface area contributed by atoms with E-state index in [0.717, 1.165) is 12.8 Å². The number of hydrogen-bond donors (Lipinski definition) is 0. The van der Waals surface area contributed by atoms with Crippen LogP contribution in [0.4, 0.5) is 0 Å². The summed E-state index contributed by atoms with van der Waals surface area (Å²) in [6.45, 7) is 10.4. The molecule has 1 heteroatoms. The molecule has 0 amide bonds. The number of unbranched alkanes of at least 4 members (excludes halogenated alkanes) is 4. The maximum Gasteiger partial charge on any atom is 0.154 e. The molecule has 1 nitrogen and oxygen atoms in total. The normalized spacial score (nSPS) is 11.5. The zero-order valence-corrected chi connectivity index (χ0v) is 12.2. The SMILES string of the molecule is C=[C]OC(CCCC)(CCCC)CCCCC. The van der Waals surface area contributed by atoms with E-state index >= 15 is 0 Å². The van der Waals surface area contributed by atoms with Gasteiger partial charge in [0, 0.05) is 0 Å². The Kier molecular flexibility index (Phi) is 10.4. The van der Waals surface area contributed by atoms with Crippen molar-refractivity contribution in [1.29, 1.82) is 0 Å². The van der Waals surface area contributed by atoms with Crippen molar-refractivity contribution in [3.63, 3.8) is 0 Å². The van der Waals surface area contributed by atoms with Gasteiger partial charge in [-0.25, -0.2) is 0 Å². The zero-order chi connectivity index (χ0) is 13.0. The molecule has 0 fully saturated rings. The van der Waals surface area contributed by atoms with E-state index < -0.39 is 0 Å². The molecule has 0 aliphatic rings. The fraction of sp³-hybridized carbons (Fsp3) is 0.875. The van der Waals surface area contributed by atoms with Crippen molar-refractivity contribution in [2.75, 3.05) is 0 Å². The number of rotatable bonds is 12. The maximum atomic E-state index is 5.82. The molecule has 0 aliphatic carbocycles. The first-order valence-electron chi connectivity index (χ1n) is 7.44. The Morgan fingerprint density at radius 3 is 1.71 bits per heavy atom. The van der Waals surface area contributed by atoms with Gasteiger partial charge in [-0.15, -0.1) is 0 Å². The van der Waals surface area contributed by atoms with E-state index in [-0.39, 0.29) is 5.60 Å². The van der Waals surface area contributed by atoms with Gasteiger partial charge in [0.05, 0.1) is 0 Å². The van der Waals surface area contributed by atoms with Crippen LogP contribution in [-0.4, -0.2) is 5.60 Å². The van der Waals surface area contributed by atoms with Gasteiger partial charge in [0.2, 0.25) is 0 Å². The number of hydrogen-bond acceptors (Lipinski definition) is 1. The third kappa shape index (κ3) is 7.46. The Balaban J connectivity index is 4.37. The van der Waals surface area contributed by atoms with E-state index in [0.29, 0.717) is 0 Å². The Bertz CT molecular complexity index is 166. The standard InChI is InChI=1S/C16H31O/c1-5-9-12-15-16(17-8-4,13-10-6-2)14-11-7-3/h4-7,9-15H2,1-3H3. The second kappa shape index (κ2) is 10.7. The van der Waals surface area contributed by atoms with E-state index in [1.54, 1.807) is 0 Å². The van der Waals surface area contributed by atoms with E-state index in [1.807, 2.05) is 0 Å². The summed E-state index contributed by atoms with van der Waals surface area (Å²) in [5, 5.41) is 0. The van der Waals surface area contributed by atoms with Gasteiger partial charge in [-0.05, 0) is 38.5 Å². The predicted molar refractivity (Wildman–Crippen MR) is 75.9 cm³/mol. The Hall–Kier alpha value is -0.460. The van der Waals surface area contributed by atoms with Crippen LogP contribution in [0.2, 0.25) is 0 Å². The molecule has 1 radical (unpaired) electrons.